The minimum atomic E-state index is -0.922. The van der Waals surface area contributed by atoms with E-state index in [0.29, 0.717) is 16.1 Å². The van der Waals surface area contributed by atoms with Gasteiger partial charge in [-0.3, -0.25) is 9.69 Å². The van der Waals surface area contributed by atoms with Crippen LogP contribution in [0.3, 0.4) is 0 Å². The molecule has 6 heteroatoms. The van der Waals surface area contributed by atoms with Crippen molar-refractivity contribution < 1.29 is 9.90 Å². The molecule has 100 valence electrons. The summed E-state index contributed by atoms with van der Waals surface area (Å²) in [6, 6.07) is 8.81. The molecule has 0 saturated carbocycles. The monoisotopic (exact) mass is 323 g/mol. The normalized spacial score (nSPS) is 12.6. The maximum absolute atomic E-state index is 11.3. The minimum Gasteiger partial charge on any atom is -0.480 e. The highest BCUT2D eigenvalue weighted by Crippen LogP contribution is 2.28. The van der Waals surface area contributed by atoms with Gasteiger partial charge in [0.15, 0.2) is 6.04 Å². The summed E-state index contributed by atoms with van der Waals surface area (Å²) in [5, 5.41) is 9.29. The van der Waals surface area contributed by atoms with Crippen LogP contribution < -0.4 is 0 Å². The fraction of sp³-hybridized carbons (Fsp3) is 0.231. The van der Waals surface area contributed by atoms with E-state index in [-0.39, 0.29) is 0 Å². The molecule has 0 amide bonds. The SMILES string of the molecule is CN(C)C(C(=O)O)c1[nH]c(-c2ccccc2)nc1Br. The lowest BCUT2D eigenvalue weighted by molar-refractivity contribution is -0.142. The number of benzene rings is 1. The number of hydrogen-bond donors (Lipinski definition) is 2. The van der Waals surface area contributed by atoms with E-state index in [4.69, 9.17) is 0 Å². The Bertz CT molecular complexity index is 581. The zero-order chi connectivity index (χ0) is 14.0. The number of aromatic nitrogens is 2. The van der Waals surface area contributed by atoms with Crippen LogP contribution >= 0.6 is 15.9 Å². The summed E-state index contributed by atoms with van der Waals surface area (Å²) in [5.41, 5.74) is 1.45. The molecule has 2 aromatic rings. The summed E-state index contributed by atoms with van der Waals surface area (Å²) in [6.07, 6.45) is 0. The van der Waals surface area contributed by atoms with Crippen LogP contribution in [0.15, 0.2) is 34.9 Å². The van der Waals surface area contributed by atoms with E-state index in [1.54, 1.807) is 19.0 Å². The van der Waals surface area contributed by atoms with E-state index in [9.17, 15) is 9.90 Å². The second-order valence-corrected chi connectivity index (χ2v) is 5.11. The molecule has 1 atom stereocenters. The van der Waals surface area contributed by atoms with Crippen molar-refractivity contribution in [2.24, 2.45) is 0 Å². The van der Waals surface area contributed by atoms with Crippen LogP contribution in [0.4, 0.5) is 0 Å². The molecule has 0 aliphatic carbocycles. The molecule has 2 rings (SSSR count). The van der Waals surface area contributed by atoms with Crippen molar-refractivity contribution in [2.45, 2.75) is 6.04 Å². The standard InChI is InChI=1S/C13H14BrN3O2/c1-17(2)10(13(18)19)9-11(14)16-12(15-9)8-6-4-3-5-7-8/h3-7,10H,1-2H3,(H,15,16)(H,18,19). The Kier molecular flexibility index (Phi) is 4.01. The number of carboxylic acid groups (broad SMARTS) is 1. The van der Waals surface area contributed by atoms with E-state index in [1.807, 2.05) is 30.3 Å². The Hall–Kier alpha value is -1.66. The number of nitrogens with zero attached hydrogens (tertiary/aromatic N) is 2. The molecule has 1 unspecified atom stereocenters. The number of rotatable bonds is 4. The summed E-state index contributed by atoms with van der Waals surface area (Å²) in [5.74, 6) is -0.274. The van der Waals surface area contributed by atoms with Gasteiger partial charge in [-0.25, -0.2) is 4.98 Å². The van der Waals surface area contributed by atoms with Gasteiger partial charge in [-0.2, -0.15) is 0 Å². The van der Waals surface area contributed by atoms with Crippen LogP contribution in [0, 0.1) is 0 Å². The fourth-order valence-corrected chi connectivity index (χ4v) is 2.38. The topological polar surface area (TPSA) is 69.2 Å². The average Bonchev–Trinajstić information content (AvgIpc) is 2.72. The Morgan fingerprint density at radius 2 is 2.00 bits per heavy atom. The van der Waals surface area contributed by atoms with Gasteiger partial charge in [0.2, 0.25) is 0 Å². The molecule has 2 N–H and O–H groups in total. The van der Waals surface area contributed by atoms with Gasteiger partial charge in [0.1, 0.15) is 10.4 Å². The first-order valence-electron chi connectivity index (χ1n) is 5.70. The van der Waals surface area contributed by atoms with Gasteiger partial charge < -0.3 is 10.1 Å². The molecule has 0 bridgehead atoms. The number of H-pyrrole nitrogens is 1. The summed E-state index contributed by atoms with van der Waals surface area (Å²) >= 11 is 3.32. The number of halogens is 1. The second-order valence-electron chi connectivity index (χ2n) is 4.36. The second kappa shape index (κ2) is 5.54. The number of imidazole rings is 1. The molecule has 1 aromatic heterocycles. The van der Waals surface area contributed by atoms with Gasteiger partial charge in [-0.1, -0.05) is 30.3 Å². The molecule has 0 fully saturated rings. The van der Waals surface area contributed by atoms with E-state index in [2.05, 4.69) is 25.9 Å². The first-order valence-corrected chi connectivity index (χ1v) is 6.50. The number of carbonyl (C=O) groups is 1. The molecule has 0 radical (unpaired) electrons. The highest BCUT2D eigenvalue weighted by Gasteiger charge is 2.27. The quantitative estimate of drug-likeness (QED) is 0.907. The highest BCUT2D eigenvalue weighted by molar-refractivity contribution is 9.10. The van der Waals surface area contributed by atoms with Gasteiger partial charge in [0, 0.05) is 5.56 Å². The van der Waals surface area contributed by atoms with Gasteiger partial charge in [-0.15, -0.1) is 0 Å². The van der Waals surface area contributed by atoms with Crippen LogP contribution in [0.5, 0.6) is 0 Å². The summed E-state index contributed by atoms with van der Waals surface area (Å²) < 4.78 is 0.521. The van der Waals surface area contributed by atoms with E-state index in [0.717, 1.165) is 5.56 Å². The molecule has 0 spiro atoms. The molecular formula is C13H14BrN3O2. The lowest BCUT2D eigenvalue weighted by Crippen LogP contribution is -2.28. The molecule has 0 saturated heterocycles. The highest BCUT2D eigenvalue weighted by atomic mass is 79.9. The lowest BCUT2D eigenvalue weighted by atomic mass is 10.2. The van der Waals surface area contributed by atoms with E-state index in [1.165, 1.54) is 0 Å². The Morgan fingerprint density at radius 3 is 2.53 bits per heavy atom. The molecule has 0 aliphatic heterocycles. The predicted molar refractivity (Wildman–Crippen MR) is 75.8 cm³/mol. The molecule has 1 heterocycles. The number of hydrogen-bond acceptors (Lipinski definition) is 3. The van der Waals surface area contributed by atoms with Crippen molar-refractivity contribution in [1.82, 2.24) is 14.9 Å². The van der Waals surface area contributed by atoms with Gasteiger partial charge in [0.05, 0.1) is 5.69 Å². The van der Waals surface area contributed by atoms with Crippen LogP contribution in [0.2, 0.25) is 0 Å². The summed E-state index contributed by atoms with van der Waals surface area (Å²) in [7, 11) is 3.43. The van der Waals surface area contributed by atoms with Crippen LogP contribution in [0.25, 0.3) is 11.4 Å². The smallest absolute Gasteiger partial charge is 0.327 e. The zero-order valence-electron chi connectivity index (χ0n) is 10.6. The van der Waals surface area contributed by atoms with Crippen molar-refractivity contribution in [1.29, 1.82) is 0 Å². The van der Waals surface area contributed by atoms with Gasteiger partial charge >= 0.3 is 5.97 Å². The summed E-state index contributed by atoms with van der Waals surface area (Å²) in [6.45, 7) is 0. The van der Waals surface area contributed by atoms with Crippen LogP contribution in [-0.2, 0) is 4.79 Å². The van der Waals surface area contributed by atoms with Crippen molar-refractivity contribution in [3.05, 3.63) is 40.6 Å². The van der Waals surface area contributed by atoms with E-state index < -0.39 is 12.0 Å². The van der Waals surface area contributed by atoms with E-state index >= 15 is 0 Å². The molecule has 19 heavy (non-hydrogen) atoms. The maximum atomic E-state index is 11.3. The predicted octanol–water partition coefficient (Wildman–Crippen LogP) is 2.53. The largest absolute Gasteiger partial charge is 0.480 e. The number of nitrogens with one attached hydrogen (secondary N) is 1. The number of carboxylic acids is 1. The molecule has 1 aromatic carbocycles. The van der Waals surface area contributed by atoms with Crippen molar-refractivity contribution >= 4 is 21.9 Å². The first-order chi connectivity index (χ1) is 9.00. The molecule has 5 nitrogen and oxygen atoms in total. The van der Waals surface area contributed by atoms with Gasteiger partial charge in [-0.05, 0) is 30.0 Å². The molecular weight excluding hydrogens is 310 g/mol. The third-order valence-corrected chi connectivity index (χ3v) is 3.36. The number of aromatic amines is 1. The third kappa shape index (κ3) is 2.85. The maximum Gasteiger partial charge on any atom is 0.327 e. The lowest BCUT2D eigenvalue weighted by Gasteiger charge is -2.18. The zero-order valence-corrected chi connectivity index (χ0v) is 12.2. The van der Waals surface area contributed by atoms with Crippen molar-refractivity contribution in [3.63, 3.8) is 0 Å². The minimum absolute atomic E-state index is 0.521. The third-order valence-electron chi connectivity index (χ3n) is 2.76. The Balaban J connectivity index is 2.44. The van der Waals surface area contributed by atoms with Crippen molar-refractivity contribution in [3.8, 4) is 11.4 Å². The number of likely N-dealkylation sites (N-methyl/N-ethyl adjacent to an activating group) is 1. The Morgan fingerprint density at radius 1 is 1.37 bits per heavy atom. The average molecular weight is 324 g/mol. The fourth-order valence-electron chi connectivity index (χ4n) is 1.88. The Labute approximate surface area is 119 Å². The molecule has 0 aliphatic rings. The van der Waals surface area contributed by atoms with Crippen LogP contribution in [-0.4, -0.2) is 40.0 Å². The van der Waals surface area contributed by atoms with Crippen LogP contribution in [0.1, 0.15) is 11.7 Å². The van der Waals surface area contributed by atoms with Crippen molar-refractivity contribution in [2.75, 3.05) is 14.1 Å². The first kappa shape index (κ1) is 13.8. The number of aliphatic carboxylic acids is 1. The summed E-state index contributed by atoms with van der Waals surface area (Å²) in [4.78, 5) is 20.4. The van der Waals surface area contributed by atoms with Gasteiger partial charge in [0.25, 0.3) is 0 Å².